The van der Waals surface area contributed by atoms with Gasteiger partial charge in [-0.2, -0.15) is 0 Å². The number of rotatable bonds is 4. The van der Waals surface area contributed by atoms with Gasteiger partial charge in [0.1, 0.15) is 11.5 Å². The summed E-state index contributed by atoms with van der Waals surface area (Å²) < 4.78 is 0. The molecule has 26 heavy (non-hydrogen) atoms. The SMILES string of the molecule is CN(C)Cc1ccc(C2CCCN2C(=O)c2cc(Cl)c(O)cc2O)cc1. The van der Waals surface area contributed by atoms with Crippen LogP contribution in [0.4, 0.5) is 0 Å². The molecule has 0 saturated carbocycles. The van der Waals surface area contributed by atoms with Crippen molar-refractivity contribution >= 4 is 17.5 Å². The molecule has 1 aliphatic rings. The molecule has 6 heteroatoms. The van der Waals surface area contributed by atoms with Crippen molar-refractivity contribution in [1.82, 2.24) is 9.80 Å². The second kappa shape index (κ2) is 7.56. The molecule has 1 atom stereocenters. The zero-order valence-corrected chi connectivity index (χ0v) is 15.7. The number of benzene rings is 2. The van der Waals surface area contributed by atoms with Gasteiger partial charge in [0.2, 0.25) is 0 Å². The van der Waals surface area contributed by atoms with Crippen molar-refractivity contribution in [2.24, 2.45) is 0 Å². The molecule has 1 amide bonds. The minimum atomic E-state index is -0.274. The largest absolute Gasteiger partial charge is 0.507 e. The van der Waals surface area contributed by atoms with Crippen LogP contribution in [0, 0.1) is 0 Å². The lowest BCUT2D eigenvalue weighted by Gasteiger charge is -2.26. The molecule has 138 valence electrons. The highest BCUT2D eigenvalue weighted by Crippen LogP contribution is 2.37. The maximum Gasteiger partial charge on any atom is 0.258 e. The summed E-state index contributed by atoms with van der Waals surface area (Å²) >= 11 is 5.91. The molecule has 1 aliphatic heterocycles. The Labute approximate surface area is 158 Å². The van der Waals surface area contributed by atoms with Crippen LogP contribution in [0.2, 0.25) is 5.02 Å². The third-order valence-electron chi connectivity index (χ3n) is 4.67. The van der Waals surface area contributed by atoms with Crippen LogP contribution in [-0.2, 0) is 6.54 Å². The summed E-state index contributed by atoms with van der Waals surface area (Å²) in [5, 5.41) is 19.7. The van der Waals surface area contributed by atoms with Gasteiger partial charge in [-0.05, 0) is 44.1 Å². The van der Waals surface area contributed by atoms with E-state index in [1.807, 2.05) is 14.1 Å². The molecule has 0 aliphatic carbocycles. The molecule has 1 saturated heterocycles. The lowest BCUT2D eigenvalue weighted by Crippen LogP contribution is -2.30. The molecule has 0 radical (unpaired) electrons. The summed E-state index contributed by atoms with van der Waals surface area (Å²) in [7, 11) is 4.06. The number of amides is 1. The van der Waals surface area contributed by atoms with Gasteiger partial charge < -0.3 is 20.0 Å². The Morgan fingerprint density at radius 3 is 2.54 bits per heavy atom. The summed E-state index contributed by atoms with van der Waals surface area (Å²) in [4.78, 5) is 16.8. The molecular weight excluding hydrogens is 352 g/mol. The van der Waals surface area contributed by atoms with E-state index in [-0.39, 0.29) is 34.0 Å². The van der Waals surface area contributed by atoms with Gasteiger partial charge in [-0.3, -0.25) is 4.79 Å². The molecule has 5 nitrogen and oxygen atoms in total. The number of carbonyl (C=O) groups is 1. The molecular formula is C20H23ClN2O3. The summed E-state index contributed by atoms with van der Waals surface area (Å²) in [6.07, 6.45) is 1.79. The van der Waals surface area contributed by atoms with E-state index < -0.39 is 0 Å². The summed E-state index contributed by atoms with van der Waals surface area (Å²) in [6.45, 7) is 1.49. The molecule has 1 heterocycles. The maximum atomic E-state index is 12.9. The van der Waals surface area contributed by atoms with E-state index in [9.17, 15) is 15.0 Å². The number of phenolic OH excluding ortho intramolecular Hbond substituents is 2. The maximum absolute atomic E-state index is 12.9. The standard InChI is InChI=1S/C20H23ClN2O3/c1-22(2)12-13-5-7-14(8-6-13)17-4-3-9-23(17)20(26)15-10-16(21)19(25)11-18(15)24/h5-8,10-11,17,24-25H,3-4,9,12H2,1-2H3. The number of halogens is 1. The van der Waals surface area contributed by atoms with Crippen molar-refractivity contribution in [3.05, 3.63) is 58.1 Å². The van der Waals surface area contributed by atoms with Crippen molar-refractivity contribution in [1.29, 1.82) is 0 Å². The van der Waals surface area contributed by atoms with Crippen LogP contribution in [0.1, 0.15) is 40.4 Å². The van der Waals surface area contributed by atoms with Crippen LogP contribution < -0.4 is 0 Å². The number of likely N-dealkylation sites (tertiary alicyclic amines) is 1. The van der Waals surface area contributed by atoms with Gasteiger partial charge in [0.05, 0.1) is 16.6 Å². The van der Waals surface area contributed by atoms with Crippen LogP contribution in [0.3, 0.4) is 0 Å². The second-order valence-electron chi connectivity index (χ2n) is 6.96. The molecule has 0 bridgehead atoms. The number of carbonyl (C=O) groups excluding carboxylic acids is 1. The molecule has 2 aromatic carbocycles. The smallest absolute Gasteiger partial charge is 0.258 e. The Kier molecular flexibility index (Phi) is 5.39. The van der Waals surface area contributed by atoms with Crippen LogP contribution in [0.25, 0.3) is 0 Å². The Morgan fingerprint density at radius 2 is 1.88 bits per heavy atom. The van der Waals surface area contributed by atoms with Crippen molar-refractivity contribution < 1.29 is 15.0 Å². The highest BCUT2D eigenvalue weighted by molar-refractivity contribution is 6.32. The Morgan fingerprint density at radius 1 is 1.19 bits per heavy atom. The number of aromatic hydroxyl groups is 2. The third kappa shape index (κ3) is 3.79. The van der Waals surface area contributed by atoms with E-state index in [1.54, 1.807) is 4.90 Å². The predicted molar refractivity (Wildman–Crippen MR) is 102 cm³/mol. The van der Waals surface area contributed by atoms with Crippen molar-refractivity contribution in [3.63, 3.8) is 0 Å². The highest BCUT2D eigenvalue weighted by Gasteiger charge is 2.32. The Balaban J connectivity index is 1.84. The van der Waals surface area contributed by atoms with Crippen LogP contribution in [0.5, 0.6) is 11.5 Å². The molecule has 1 unspecified atom stereocenters. The number of hydrogen-bond donors (Lipinski definition) is 2. The molecule has 2 N–H and O–H groups in total. The molecule has 1 fully saturated rings. The van der Waals surface area contributed by atoms with Gasteiger partial charge in [0.25, 0.3) is 5.91 Å². The third-order valence-corrected chi connectivity index (χ3v) is 4.98. The van der Waals surface area contributed by atoms with Gasteiger partial charge >= 0.3 is 0 Å². The van der Waals surface area contributed by atoms with Gasteiger partial charge in [-0.1, -0.05) is 35.9 Å². The lowest BCUT2D eigenvalue weighted by atomic mass is 10.0. The van der Waals surface area contributed by atoms with E-state index in [0.717, 1.165) is 31.0 Å². The minimum Gasteiger partial charge on any atom is -0.507 e. The first-order valence-electron chi connectivity index (χ1n) is 8.63. The first-order chi connectivity index (χ1) is 12.4. The minimum absolute atomic E-state index is 0.0251. The van der Waals surface area contributed by atoms with Crippen LogP contribution in [-0.4, -0.2) is 46.6 Å². The highest BCUT2D eigenvalue weighted by atomic mass is 35.5. The topological polar surface area (TPSA) is 64.0 Å². The number of phenols is 2. The fourth-order valence-corrected chi connectivity index (χ4v) is 3.61. The second-order valence-corrected chi connectivity index (χ2v) is 7.36. The van der Waals surface area contributed by atoms with E-state index in [1.165, 1.54) is 11.6 Å². The van der Waals surface area contributed by atoms with Crippen molar-refractivity contribution in [2.75, 3.05) is 20.6 Å². The van der Waals surface area contributed by atoms with Crippen molar-refractivity contribution in [2.45, 2.75) is 25.4 Å². The number of hydrogen-bond acceptors (Lipinski definition) is 4. The van der Waals surface area contributed by atoms with E-state index in [2.05, 4.69) is 29.2 Å². The van der Waals surface area contributed by atoms with E-state index in [0.29, 0.717) is 6.54 Å². The zero-order chi connectivity index (χ0) is 18.8. The first-order valence-corrected chi connectivity index (χ1v) is 9.00. The first kappa shape index (κ1) is 18.5. The average molecular weight is 375 g/mol. The van der Waals surface area contributed by atoms with E-state index in [4.69, 9.17) is 11.6 Å². The summed E-state index contributed by atoms with van der Waals surface area (Å²) in [6, 6.07) is 10.7. The van der Waals surface area contributed by atoms with Gasteiger partial charge in [-0.25, -0.2) is 0 Å². The quantitative estimate of drug-likeness (QED) is 0.854. The van der Waals surface area contributed by atoms with Gasteiger partial charge in [0, 0.05) is 19.2 Å². The Hall–Kier alpha value is -2.24. The molecule has 3 rings (SSSR count). The number of nitrogens with zero attached hydrogens (tertiary/aromatic N) is 2. The molecule has 0 spiro atoms. The fraction of sp³-hybridized carbons (Fsp3) is 0.350. The molecule has 0 aromatic heterocycles. The zero-order valence-electron chi connectivity index (χ0n) is 14.9. The normalized spacial score (nSPS) is 17.1. The predicted octanol–water partition coefficient (Wildman–Crippen LogP) is 3.79. The summed E-state index contributed by atoms with van der Waals surface area (Å²) in [5.41, 5.74) is 2.42. The van der Waals surface area contributed by atoms with Gasteiger partial charge in [0.15, 0.2) is 0 Å². The van der Waals surface area contributed by atoms with Gasteiger partial charge in [-0.15, -0.1) is 0 Å². The van der Waals surface area contributed by atoms with E-state index >= 15 is 0 Å². The van der Waals surface area contributed by atoms with Crippen LogP contribution >= 0.6 is 11.6 Å². The molecule has 2 aromatic rings. The summed E-state index contributed by atoms with van der Waals surface area (Å²) in [5.74, 6) is -0.775. The fourth-order valence-electron chi connectivity index (χ4n) is 3.44. The monoisotopic (exact) mass is 374 g/mol. The van der Waals surface area contributed by atoms with Crippen LogP contribution in [0.15, 0.2) is 36.4 Å². The Bertz CT molecular complexity index is 805. The van der Waals surface area contributed by atoms with Crippen molar-refractivity contribution in [3.8, 4) is 11.5 Å². The lowest BCUT2D eigenvalue weighted by molar-refractivity contribution is 0.0732. The average Bonchev–Trinajstić information content (AvgIpc) is 3.07.